The lowest BCUT2D eigenvalue weighted by Crippen LogP contribution is -2.30. The van der Waals surface area contributed by atoms with Crippen LogP contribution in [0.5, 0.6) is 0 Å². The lowest BCUT2D eigenvalue weighted by molar-refractivity contribution is -0.167. The van der Waals surface area contributed by atoms with Crippen LogP contribution in [0.4, 0.5) is 0 Å². The Hall–Kier alpha value is -2.63. The van der Waals surface area contributed by atoms with E-state index >= 15 is 0 Å². The van der Waals surface area contributed by atoms with Crippen molar-refractivity contribution in [3.63, 3.8) is 0 Å². The number of allylic oxidation sites excluding steroid dienone is 8. The highest BCUT2D eigenvalue weighted by atomic mass is 16.6. The second-order valence-electron chi connectivity index (χ2n) is 18.9. The Kier molecular flexibility index (Phi) is 51.8. The summed E-state index contributed by atoms with van der Waals surface area (Å²) in [7, 11) is 0. The molecule has 0 N–H and O–H groups in total. The second-order valence-corrected chi connectivity index (χ2v) is 18.9. The maximum atomic E-state index is 12.8. The van der Waals surface area contributed by atoms with Crippen LogP contribution >= 0.6 is 0 Å². The standard InChI is InChI=1S/C59H106O6/c1-4-7-10-13-16-19-22-25-27-29-30-32-34-37-40-43-46-49-52-58(61)64-55-56(54-63-57(60)51-48-45-42-39-36-33-24-21-18-15-12-9-6-3)65-59(62)53-50-47-44-41-38-35-31-28-26-23-20-17-14-11-8-5-2/h22,25,27-32,56H,4-21,23-24,26,33-55H2,1-3H3/b25-22-,29-27-,31-28-,32-30-. The van der Waals surface area contributed by atoms with Crippen LogP contribution in [0, 0.1) is 0 Å². The van der Waals surface area contributed by atoms with Gasteiger partial charge in [0, 0.05) is 19.3 Å². The first-order valence-corrected chi connectivity index (χ1v) is 28.2. The van der Waals surface area contributed by atoms with Gasteiger partial charge in [-0.2, -0.15) is 0 Å². The topological polar surface area (TPSA) is 78.9 Å². The highest BCUT2D eigenvalue weighted by Crippen LogP contribution is 2.15. The summed E-state index contributed by atoms with van der Waals surface area (Å²) in [5, 5.41) is 0. The van der Waals surface area contributed by atoms with Crippen molar-refractivity contribution in [2.75, 3.05) is 13.2 Å². The molecule has 0 radical (unpaired) electrons. The molecule has 0 amide bonds. The van der Waals surface area contributed by atoms with Gasteiger partial charge in [-0.15, -0.1) is 0 Å². The van der Waals surface area contributed by atoms with Gasteiger partial charge in [-0.3, -0.25) is 14.4 Å². The molecule has 0 saturated carbocycles. The highest BCUT2D eigenvalue weighted by molar-refractivity contribution is 5.71. The molecule has 0 aliphatic heterocycles. The highest BCUT2D eigenvalue weighted by Gasteiger charge is 2.19. The average molecular weight is 911 g/mol. The Balaban J connectivity index is 4.40. The third-order valence-electron chi connectivity index (χ3n) is 12.4. The van der Waals surface area contributed by atoms with Gasteiger partial charge in [0.25, 0.3) is 0 Å². The van der Waals surface area contributed by atoms with Crippen molar-refractivity contribution in [2.45, 2.75) is 297 Å². The Bertz CT molecular complexity index is 1140. The van der Waals surface area contributed by atoms with E-state index in [1.807, 2.05) is 0 Å². The van der Waals surface area contributed by atoms with E-state index in [4.69, 9.17) is 14.2 Å². The number of carbonyl (C=O) groups excluding carboxylic acids is 3. The van der Waals surface area contributed by atoms with E-state index in [1.165, 1.54) is 161 Å². The number of unbranched alkanes of at least 4 members (excludes halogenated alkanes) is 34. The second kappa shape index (κ2) is 54.0. The van der Waals surface area contributed by atoms with Gasteiger partial charge in [0.2, 0.25) is 0 Å². The molecule has 0 aromatic heterocycles. The summed E-state index contributed by atoms with van der Waals surface area (Å²) in [6, 6.07) is 0. The summed E-state index contributed by atoms with van der Waals surface area (Å²) in [4.78, 5) is 38.1. The first-order valence-electron chi connectivity index (χ1n) is 28.2. The van der Waals surface area contributed by atoms with E-state index in [0.717, 1.165) is 89.9 Å². The minimum Gasteiger partial charge on any atom is -0.462 e. The van der Waals surface area contributed by atoms with Gasteiger partial charge in [0.05, 0.1) is 0 Å². The van der Waals surface area contributed by atoms with Crippen molar-refractivity contribution < 1.29 is 28.6 Å². The molecule has 1 unspecified atom stereocenters. The van der Waals surface area contributed by atoms with Crippen LogP contribution in [0.25, 0.3) is 0 Å². The number of esters is 3. The first-order chi connectivity index (χ1) is 32.0. The van der Waals surface area contributed by atoms with Gasteiger partial charge in [-0.1, -0.05) is 249 Å². The van der Waals surface area contributed by atoms with E-state index in [2.05, 4.69) is 69.4 Å². The van der Waals surface area contributed by atoms with Gasteiger partial charge < -0.3 is 14.2 Å². The zero-order chi connectivity index (χ0) is 47.2. The molecule has 6 heteroatoms. The van der Waals surface area contributed by atoms with Crippen molar-refractivity contribution in [2.24, 2.45) is 0 Å². The smallest absolute Gasteiger partial charge is 0.306 e. The monoisotopic (exact) mass is 911 g/mol. The van der Waals surface area contributed by atoms with Gasteiger partial charge >= 0.3 is 17.9 Å². The summed E-state index contributed by atoms with van der Waals surface area (Å²) >= 11 is 0. The van der Waals surface area contributed by atoms with Crippen molar-refractivity contribution in [3.05, 3.63) is 48.6 Å². The first kappa shape index (κ1) is 62.4. The molecular formula is C59H106O6. The Morgan fingerprint density at radius 2 is 0.569 bits per heavy atom. The normalized spacial score (nSPS) is 12.4. The summed E-state index contributed by atoms with van der Waals surface area (Å²) in [6.07, 6.45) is 65.2. The fraction of sp³-hybridized carbons (Fsp3) is 0.814. The van der Waals surface area contributed by atoms with Crippen molar-refractivity contribution in [1.82, 2.24) is 0 Å². The molecule has 0 aliphatic rings. The quantitative estimate of drug-likeness (QED) is 0.0199. The van der Waals surface area contributed by atoms with E-state index in [0.29, 0.717) is 19.3 Å². The van der Waals surface area contributed by atoms with Crippen LogP contribution in [0.3, 0.4) is 0 Å². The van der Waals surface area contributed by atoms with Crippen LogP contribution < -0.4 is 0 Å². The van der Waals surface area contributed by atoms with Crippen LogP contribution in [0.1, 0.15) is 290 Å². The molecule has 0 heterocycles. The molecule has 1 atom stereocenters. The lowest BCUT2D eigenvalue weighted by atomic mass is 10.0. The summed E-state index contributed by atoms with van der Waals surface area (Å²) in [5.41, 5.74) is 0. The predicted molar refractivity (Wildman–Crippen MR) is 279 cm³/mol. The average Bonchev–Trinajstić information content (AvgIpc) is 3.30. The zero-order valence-electron chi connectivity index (χ0n) is 43.3. The largest absolute Gasteiger partial charge is 0.462 e. The number of ether oxygens (including phenoxy) is 3. The zero-order valence-corrected chi connectivity index (χ0v) is 43.3. The number of rotatable bonds is 51. The van der Waals surface area contributed by atoms with E-state index in [9.17, 15) is 14.4 Å². The van der Waals surface area contributed by atoms with Crippen molar-refractivity contribution in [1.29, 1.82) is 0 Å². The Morgan fingerprint density at radius 1 is 0.308 bits per heavy atom. The Labute approximate surface area is 403 Å². The number of carbonyl (C=O) groups is 3. The molecule has 65 heavy (non-hydrogen) atoms. The molecule has 0 aromatic carbocycles. The van der Waals surface area contributed by atoms with Crippen molar-refractivity contribution >= 4 is 17.9 Å². The van der Waals surface area contributed by atoms with E-state index in [-0.39, 0.29) is 31.1 Å². The third-order valence-corrected chi connectivity index (χ3v) is 12.4. The molecule has 378 valence electrons. The molecule has 0 rings (SSSR count). The molecule has 0 saturated heterocycles. The minimum atomic E-state index is -0.783. The summed E-state index contributed by atoms with van der Waals surface area (Å²) in [6.45, 7) is 6.62. The minimum absolute atomic E-state index is 0.0805. The van der Waals surface area contributed by atoms with Crippen molar-refractivity contribution in [3.8, 4) is 0 Å². The number of hydrogen-bond donors (Lipinski definition) is 0. The molecular weight excluding hydrogens is 805 g/mol. The van der Waals surface area contributed by atoms with E-state index in [1.54, 1.807) is 0 Å². The van der Waals surface area contributed by atoms with Gasteiger partial charge in [-0.05, 0) is 70.6 Å². The summed E-state index contributed by atoms with van der Waals surface area (Å²) in [5.74, 6) is -0.897. The van der Waals surface area contributed by atoms with Crippen LogP contribution in [0.15, 0.2) is 48.6 Å². The molecule has 0 bridgehead atoms. The van der Waals surface area contributed by atoms with E-state index < -0.39 is 6.10 Å². The van der Waals surface area contributed by atoms with Gasteiger partial charge in [0.1, 0.15) is 13.2 Å². The van der Waals surface area contributed by atoms with Gasteiger partial charge in [0.15, 0.2) is 6.10 Å². The molecule has 0 aromatic rings. The third kappa shape index (κ3) is 52.2. The lowest BCUT2D eigenvalue weighted by Gasteiger charge is -2.18. The predicted octanol–water partition coefficient (Wildman–Crippen LogP) is 18.7. The molecule has 0 spiro atoms. The van der Waals surface area contributed by atoms with Crippen LogP contribution in [0.2, 0.25) is 0 Å². The SMILES string of the molecule is CCCCCCC\C=C/C=C\C=C/CCCCCCCC(=O)OCC(COC(=O)CCCCCCCCCCCCCCC)OC(=O)CCCCCCC/C=C\CCCCCCCCC. The maximum absolute atomic E-state index is 12.8. The Morgan fingerprint density at radius 3 is 0.892 bits per heavy atom. The fourth-order valence-electron chi connectivity index (χ4n) is 8.09. The number of hydrogen-bond acceptors (Lipinski definition) is 6. The molecule has 6 nitrogen and oxygen atoms in total. The summed E-state index contributed by atoms with van der Waals surface area (Å²) < 4.78 is 16.8. The van der Waals surface area contributed by atoms with Crippen LogP contribution in [-0.2, 0) is 28.6 Å². The molecule has 0 fully saturated rings. The van der Waals surface area contributed by atoms with Crippen LogP contribution in [-0.4, -0.2) is 37.2 Å². The van der Waals surface area contributed by atoms with Gasteiger partial charge in [-0.25, -0.2) is 0 Å². The maximum Gasteiger partial charge on any atom is 0.306 e. The molecule has 0 aliphatic carbocycles. The fourth-order valence-corrected chi connectivity index (χ4v) is 8.09.